The largest absolute Gasteiger partial charge is 0.505 e. The molecule has 0 radical (unpaired) electrons. The summed E-state index contributed by atoms with van der Waals surface area (Å²) in [7, 11) is 0. The van der Waals surface area contributed by atoms with Crippen molar-refractivity contribution in [3.63, 3.8) is 0 Å². The second kappa shape index (κ2) is 8.44. The van der Waals surface area contributed by atoms with Crippen LogP contribution in [0.3, 0.4) is 0 Å². The highest BCUT2D eigenvalue weighted by Gasteiger charge is 2.31. The molecule has 4 nitrogen and oxygen atoms in total. The summed E-state index contributed by atoms with van der Waals surface area (Å²) in [6, 6.07) is 20.5. The van der Waals surface area contributed by atoms with E-state index in [4.69, 9.17) is 0 Å². The van der Waals surface area contributed by atoms with Gasteiger partial charge in [-0.3, -0.25) is 14.9 Å². The van der Waals surface area contributed by atoms with Crippen molar-refractivity contribution >= 4 is 10.9 Å². The Hall–Kier alpha value is -3.31. The lowest BCUT2D eigenvalue weighted by Crippen LogP contribution is -2.37. The Morgan fingerprint density at radius 2 is 1.65 bits per heavy atom. The summed E-state index contributed by atoms with van der Waals surface area (Å²) < 4.78 is 14.3. The van der Waals surface area contributed by atoms with Crippen molar-refractivity contribution in [2.24, 2.45) is 0 Å². The number of fused-ring (bicyclic) bond motifs is 1. The molecule has 1 N–H and O–H groups in total. The number of nitrogens with zero attached hydrogens (tertiary/aromatic N) is 3. The minimum Gasteiger partial charge on any atom is -0.505 e. The van der Waals surface area contributed by atoms with Gasteiger partial charge in [0.2, 0.25) is 0 Å². The van der Waals surface area contributed by atoms with E-state index in [9.17, 15) is 9.50 Å². The van der Waals surface area contributed by atoms with Crippen LogP contribution in [-0.2, 0) is 0 Å². The van der Waals surface area contributed by atoms with Gasteiger partial charge in [0.15, 0.2) is 0 Å². The molecule has 4 aromatic rings. The van der Waals surface area contributed by atoms with E-state index in [2.05, 4.69) is 14.9 Å². The predicted octanol–water partition coefficient (Wildman–Crippen LogP) is 5.44. The maximum absolute atomic E-state index is 14.3. The lowest BCUT2D eigenvalue weighted by atomic mass is 9.87. The fraction of sp³-hybridized carbons (Fsp3) is 0.231. The molecule has 0 amide bonds. The zero-order valence-corrected chi connectivity index (χ0v) is 17.2. The van der Waals surface area contributed by atoms with Crippen LogP contribution in [0.15, 0.2) is 79.1 Å². The van der Waals surface area contributed by atoms with Crippen molar-refractivity contribution in [1.82, 2.24) is 14.9 Å². The monoisotopic (exact) mass is 413 g/mol. The van der Waals surface area contributed by atoms with Crippen LogP contribution in [0.4, 0.5) is 4.39 Å². The fourth-order valence-electron chi connectivity index (χ4n) is 4.72. The van der Waals surface area contributed by atoms with Gasteiger partial charge < -0.3 is 5.11 Å². The third-order valence-electron chi connectivity index (χ3n) is 6.28. The number of phenolic OH excluding ortho intramolecular Hbond substituents is 1. The first-order chi connectivity index (χ1) is 15.2. The van der Waals surface area contributed by atoms with Gasteiger partial charge in [-0.1, -0.05) is 42.5 Å². The van der Waals surface area contributed by atoms with Crippen LogP contribution in [0.2, 0.25) is 0 Å². The summed E-state index contributed by atoms with van der Waals surface area (Å²) in [6.07, 6.45) is 5.19. The molecule has 1 aliphatic rings. The lowest BCUT2D eigenvalue weighted by Gasteiger charge is -2.38. The van der Waals surface area contributed by atoms with Gasteiger partial charge >= 0.3 is 0 Å². The number of hydrogen-bond acceptors (Lipinski definition) is 4. The van der Waals surface area contributed by atoms with E-state index in [0.29, 0.717) is 5.52 Å². The minimum absolute atomic E-state index is 0.125. The average molecular weight is 413 g/mol. The van der Waals surface area contributed by atoms with Crippen molar-refractivity contribution in [1.29, 1.82) is 0 Å². The van der Waals surface area contributed by atoms with E-state index in [0.717, 1.165) is 48.1 Å². The molecule has 1 aliphatic heterocycles. The number of benzene rings is 2. The van der Waals surface area contributed by atoms with Gasteiger partial charge in [-0.15, -0.1) is 0 Å². The highest BCUT2D eigenvalue weighted by Crippen LogP contribution is 2.40. The number of halogens is 1. The molecule has 1 fully saturated rings. The quantitative estimate of drug-likeness (QED) is 0.484. The number of aromatic nitrogens is 2. The molecule has 3 heterocycles. The number of aromatic hydroxyl groups is 1. The van der Waals surface area contributed by atoms with Gasteiger partial charge in [-0.25, -0.2) is 4.39 Å². The van der Waals surface area contributed by atoms with Crippen molar-refractivity contribution < 1.29 is 9.50 Å². The van der Waals surface area contributed by atoms with E-state index < -0.39 is 0 Å². The molecule has 0 aliphatic carbocycles. The Morgan fingerprint density at radius 1 is 0.871 bits per heavy atom. The highest BCUT2D eigenvalue weighted by molar-refractivity contribution is 5.85. The normalized spacial score (nSPS) is 16.4. The van der Waals surface area contributed by atoms with Crippen LogP contribution < -0.4 is 0 Å². The van der Waals surface area contributed by atoms with E-state index in [1.807, 2.05) is 54.6 Å². The zero-order chi connectivity index (χ0) is 21.2. The summed E-state index contributed by atoms with van der Waals surface area (Å²) in [6.45, 7) is 1.58. The topological polar surface area (TPSA) is 49.3 Å². The number of phenols is 1. The molecule has 5 rings (SSSR count). The van der Waals surface area contributed by atoms with Crippen molar-refractivity contribution in [2.45, 2.75) is 24.8 Å². The average Bonchev–Trinajstić information content (AvgIpc) is 2.82. The Morgan fingerprint density at radius 3 is 2.42 bits per heavy atom. The Labute approximate surface area is 181 Å². The van der Waals surface area contributed by atoms with Crippen LogP contribution >= 0.6 is 0 Å². The number of pyridine rings is 2. The Kier molecular flexibility index (Phi) is 5.35. The predicted molar refractivity (Wildman–Crippen MR) is 119 cm³/mol. The minimum atomic E-state index is -0.186. The SMILES string of the molecule is Oc1c(C(c2ccccn2)N2CCC(c3ccccc3F)CC2)ccc2cccnc12. The third-order valence-corrected chi connectivity index (χ3v) is 6.28. The summed E-state index contributed by atoms with van der Waals surface area (Å²) in [4.78, 5) is 11.3. The summed E-state index contributed by atoms with van der Waals surface area (Å²) in [5.41, 5.74) is 3.09. The number of piperidine rings is 1. The maximum atomic E-state index is 14.3. The van der Waals surface area contributed by atoms with Crippen LogP contribution in [0, 0.1) is 5.82 Å². The second-order valence-electron chi connectivity index (χ2n) is 8.07. The van der Waals surface area contributed by atoms with Gasteiger partial charge in [-0.2, -0.15) is 0 Å². The summed E-state index contributed by atoms with van der Waals surface area (Å²) in [5.74, 6) is 0.277. The van der Waals surface area contributed by atoms with Gasteiger partial charge in [0.25, 0.3) is 0 Å². The standard InChI is InChI=1S/C26H24FN3O/c27-22-8-2-1-7-20(22)18-12-16-30(17-13-18)25(23-9-3-4-14-28-23)21-11-10-19-6-5-15-29-24(19)26(21)31/h1-11,14-15,18,25,31H,12-13,16-17H2. The Bertz CT molecular complexity index is 1190. The molecule has 156 valence electrons. The van der Waals surface area contributed by atoms with Crippen LogP contribution in [0.5, 0.6) is 5.75 Å². The smallest absolute Gasteiger partial charge is 0.146 e. The molecule has 0 bridgehead atoms. The van der Waals surface area contributed by atoms with E-state index in [1.165, 1.54) is 0 Å². The molecule has 2 aromatic heterocycles. The highest BCUT2D eigenvalue weighted by atomic mass is 19.1. The number of hydrogen-bond donors (Lipinski definition) is 1. The molecule has 1 saturated heterocycles. The molecule has 31 heavy (non-hydrogen) atoms. The molecule has 0 spiro atoms. The van der Waals surface area contributed by atoms with Crippen LogP contribution in [-0.4, -0.2) is 33.1 Å². The lowest BCUT2D eigenvalue weighted by molar-refractivity contribution is 0.168. The maximum Gasteiger partial charge on any atom is 0.146 e. The fourth-order valence-corrected chi connectivity index (χ4v) is 4.72. The van der Waals surface area contributed by atoms with Gasteiger partial charge in [-0.05, 0) is 61.7 Å². The van der Waals surface area contributed by atoms with E-state index in [1.54, 1.807) is 24.5 Å². The molecule has 1 atom stereocenters. The number of likely N-dealkylation sites (tertiary alicyclic amines) is 1. The molecule has 0 saturated carbocycles. The first kappa shape index (κ1) is 19.6. The van der Waals surface area contributed by atoms with Crippen LogP contribution in [0.25, 0.3) is 10.9 Å². The van der Waals surface area contributed by atoms with E-state index >= 15 is 0 Å². The summed E-state index contributed by atoms with van der Waals surface area (Å²) in [5, 5.41) is 12.0. The van der Waals surface area contributed by atoms with E-state index in [-0.39, 0.29) is 23.5 Å². The zero-order valence-electron chi connectivity index (χ0n) is 17.2. The molecule has 2 aromatic carbocycles. The van der Waals surface area contributed by atoms with Gasteiger partial charge in [0.05, 0.1) is 11.7 Å². The first-order valence-corrected chi connectivity index (χ1v) is 10.7. The van der Waals surface area contributed by atoms with Crippen LogP contribution in [0.1, 0.15) is 41.6 Å². The molecular formula is C26H24FN3O. The van der Waals surface area contributed by atoms with Gasteiger partial charge in [0, 0.05) is 23.3 Å². The first-order valence-electron chi connectivity index (χ1n) is 10.7. The van der Waals surface area contributed by atoms with Crippen molar-refractivity contribution in [3.8, 4) is 5.75 Å². The Balaban J connectivity index is 1.49. The number of rotatable bonds is 4. The second-order valence-corrected chi connectivity index (χ2v) is 8.07. The summed E-state index contributed by atoms with van der Waals surface area (Å²) >= 11 is 0. The van der Waals surface area contributed by atoms with Gasteiger partial charge in [0.1, 0.15) is 17.1 Å². The van der Waals surface area contributed by atoms with Crippen molar-refractivity contribution in [2.75, 3.05) is 13.1 Å². The third kappa shape index (κ3) is 3.77. The molecule has 5 heteroatoms. The van der Waals surface area contributed by atoms with Crippen molar-refractivity contribution in [3.05, 3.63) is 102 Å². The molecular weight excluding hydrogens is 389 g/mol. The molecule has 1 unspecified atom stereocenters.